The van der Waals surface area contributed by atoms with Crippen LogP contribution in [-0.4, -0.2) is 43.1 Å². The van der Waals surface area contributed by atoms with Crippen LogP contribution < -0.4 is 10.6 Å². The molecule has 2 fully saturated rings. The summed E-state index contributed by atoms with van der Waals surface area (Å²) in [5, 5.41) is 5.00. The van der Waals surface area contributed by atoms with Gasteiger partial charge in [-0.25, -0.2) is 13.6 Å². The van der Waals surface area contributed by atoms with Crippen molar-refractivity contribution in [2.75, 3.05) is 26.3 Å². The standard InChI is InChI=1S/C16H17F2N3O3/c1-9-13(15(22)21-4-6-24-7-5-21)14(20-16(23)19-9)11-3-2-10(17)8-12(11)18/h2-3,8,13-14H,1,4-7H2,(H2,19,20,23)/t13-,14+/m0/s1. The van der Waals surface area contributed by atoms with Crippen molar-refractivity contribution in [3.05, 3.63) is 47.7 Å². The first kappa shape index (κ1) is 16.4. The van der Waals surface area contributed by atoms with Crippen LogP contribution in [0.1, 0.15) is 11.6 Å². The highest BCUT2D eigenvalue weighted by Crippen LogP contribution is 2.32. The van der Waals surface area contributed by atoms with Crippen LogP contribution >= 0.6 is 0 Å². The molecule has 1 aromatic carbocycles. The fourth-order valence-corrected chi connectivity index (χ4v) is 2.97. The molecule has 2 aliphatic rings. The van der Waals surface area contributed by atoms with Gasteiger partial charge in [0.15, 0.2) is 0 Å². The molecule has 8 heteroatoms. The Balaban J connectivity index is 1.94. The molecule has 1 aromatic rings. The number of urea groups is 1. The number of halogens is 2. The SMILES string of the molecule is C=C1NC(=O)N[C@H](c2ccc(F)cc2F)[C@H]1C(=O)N1CCOCC1. The van der Waals surface area contributed by atoms with E-state index in [9.17, 15) is 18.4 Å². The summed E-state index contributed by atoms with van der Waals surface area (Å²) in [6.45, 7) is 5.40. The number of morpholine rings is 1. The normalized spacial score (nSPS) is 24.3. The van der Waals surface area contributed by atoms with Crippen molar-refractivity contribution in [1.82, 2.24) is 15.5 Å². The maximum atomic E-state index is 14.2. The van der Waals surface area contributed by atoms with Crippen molar-refractivity contribution >= 4 is 11.9 Å². The van der Waals surface area contributed by atoms with E-state index in [1.165, 1.54) is 6.07 Å². The van der Waals surface area contributed by atoms with Gasteiger partial charge in [0.25, 0.3) is 0 Å². The quantitative estimate of drug-likeness (QED) is 0.855. The molecule has 2 heterocycles. The van der Waals surface area contributed by atoms with Crippen LogP contribution in [0.2, 0.25) is 0 Å². The van der Waals surface area contributed by atoms with Crippen molar-refractivity contribution in [2.45, 2.75) is 6.04 Å². The largest absolute Gasteiger partial charge is 0.378 e. The van der Waals surface area contributed by atoms with Crippen LogP contribution in [0.15, 0.2) is 30.5 Å². The van der Waals surface area contributed by atoms with E-state index in [-0.39, 0.29) is 17.2 Å². The first-order valence-electron chi connectivity index (χ1n) is 7.55. The number of carbonyl (C=O) groups is 2. The zero-order valence-corrected chi connectivity index (χ0v) is 12.9. The number of ether oxygens (including phenoxy) is 1. The first-order valence-corrected chi connectivity index (χ1v) is 7.55. The number of nitrogens with zero attached hydrogens (tertiary/aromatic N) is 1. The van der Waals surface area contributed by atoms with E-state index in [1.54, 1.807) is 4.90 Å². The fraction of sp³-hybridized carbons (Fsp3) is 0.375. The summed E-state index contributed by atoms with van der Waals surface area (Å²) in [6, 6.07) is 1.50. The van der Waals surface area contributed by atoms with E-state index in [0.717, 1.165) is 12.1 Å². The zero-order valence-electron chi connectivity index (χ0n) is 12.9. The molecule has 2 atom stereocenters. The molecule has 0 spiro atoms. The average Bonchev–Trinajstić information content (AvgIpc) is 2.54. The van der Waals surface area contributed by atoms with Gasteiger partial charge >= 0.3 is 6.03 Å². The summed E-state index contributed by atoms with van der Waals surface area (Å²) in [5.74, 6) is -2.73. The number of rotatable bonds is 2. The van der Waals surface area contributed by atoms with Crippen molar-refractivity contribution in [3.8, 4) is 0 Å². The summed E-state index contributed by atoms with van der Waals surface area (Å²) in [4.78, 5) is 26.2. The topological polar surface area (TPSA) is 70.7 Å². The van der Waals surface area contributed by atoms with Crippen LogP contribution in [0.25, 0.3) is 0 Å². The zero-order chi connectivity index (χ0) is 17.3. The van der Waals surface area contributed by atoms with Crippen molar-refractivity contribution < 1.29 is 23.1 Å². The minimum atomic E-state index is -0.956. The maximum Gasteiger partial charge on any atom is 0.319 e. The molecule has 2 N–H and O–H groups in total. The smallest absolute Gasteiger partial charge is 0.319 e. The second kappa shape index (κ2) is 6.56. The number of hydrogen-bond acceptors (Lipinski definition) is 3. The molecule has 0 aromatic heterocycles. The Morgan fingerprint density at radius 3 is 2.67 bits per heavy atom. The molecule has 2 saturated heterocycles. The van der Waals surface area contributed by atoms with E-state index >= 15 is 0 Å². The summed E-state index contributed by atoms with van der Waals surface area (Å²) in [6.07, 6.45) is 0. The van der Waals surface area contributed by atoms with E-state index in [1.807, 2.05) is 0 Å². The van der Waals surface area contributed by atoms with Gasteiger partial charge in [-0.3, -0.25) is 4.79 Å². The van der Waals surface area contributed by atoms with Gasteiger partial charge in [0.1, 0.15) is 17.6 Å². The Labute approximate surface area is 137 Å². The third kappa shape index (κ3) is 3.09. The van der Waals surface area contributed by atoms with Crippen LogP contribution in [0.5, 0.6) is 0 Å². The van der Waals surface area contributed by atoms with Crippen molar-refractivity contribution in [2.24, 2.45) is 5.92 Å². The Morgan fingerprint density at radius 2 is 2.00 bits per heavy atom. The Hall–Kier alpha value is -2.48. The van der Waals surface area contributed by atoms with Gasteiger partial charge in [0, 0.05) is 30.4 Å². The van der Waals surface area contributed by atoms with Crippen molar-refractivity contribution in [1.29, 1.82) is 0 Å². The lowest BCUT2D eigenvalue weighted by molar-refractivity contribution is -0.139. The van der Waals surface area contributed by atoms with Gasteiger partial charge in [-0.1, -0.05) is 12.6 Å². The van der Waals surface area contributed by atoms with Gasteiger partial charge in [0.2, 0.25) is 5.91 Å². The van der Waals surface area contributed by atoms with Crippen LogP contribution in [0.3, 0.4) is 0 Å². The summed E-state index contributed by atoms with van der Waals surface area (Å²) in [5.41, 5.74) is 0.225. The molecule has 128 valence electrons. The third-order valence-corrected chi connectivity index (χ3v) is 4.16. The molecular formula is C16H17F2N3O3. The number of carbonyl (C=O) groups excluding carboxylic acids is 2. The third-order valence-electron chi connectivity index (χ3n) is 4.16. The molecule has 3 rings (SSSR count). The number of hydrogen-bond donors (Lipinski definition) is 2. The number of amides is 3. The number of benzene rings is 1. The lowest BCUT2D eigenvalue weighted by Gasteiger charge is -2.38. The predicted molar refractivity (Wildman–Crippen MR) is 80.8 cm³/mol. The molecule has 0 saturated carbocycles. The van der Waals surface area contributed by atoms with Crippen molar-refractivity contribution in [3.63, 3.8) is 0 Å². The highest BCUT2D eigenvalue weighted by molar-refractivity contribution is 5.88. The van der Waals surface area contributed by atoms with Crippen LogP contribution in [0.4, 0.5) is 13.6 Å². The van der Waals surface area contributed by atoms with Crippen LogP contribution in [0, 0.1) is 17.6 Å². The minimum absolute atomic E-state index is 0.0407. The lowest BCUT2D eigenvalue weighted by atomic mass is 9.87. The summed E-state index contributed by atoms with van der Waals surface area (Å²) in [7, 11) is 0. The van der Waals surface area contributed by atoms with E-state index < -0.39 is 29.6 Å². The molecule has 0 aliphatic carbocycles. The highest BCUT2D eigenvalue weighted by Gasteiger charge is 2.41. The molecular weight excluding hydrogens is 320 g/mol. The van der Waals surface area contributed by atoms with E-state index in [2.05, 4.69) is 17.2 Å². The predicted octanol–water partition coefficient (Wildman–Crippen LogP) is 1.31. The van der Waals surface area contributed by atoms with Gasteiger partial charge < -0.3 is 20.3 Å². The minimum Gasteiger partial charge on any atom is -0.378 e. The summed E-state index contributed by atoms with van der Waals surface area (Å²) < 4.78 is 32.6. The van der Waals surface area contributed by atoms with Gasteiger partial charge in [-0.15, -0.1) is 0 Å². The number of nitrogens with one attached hydrogen (secondary N) is 2. The maximum absolute atomic E-state index is 14.2. The summed E-state index contributed by atoms with van der Waals surface area (Å²) >= 11 is 0. The first-order chi connectivity index (χ1) is 11.5. The van der Waals surface area contributed by atoms with E-state index in [0.29, 0.717) is 26.3 Å². The lowest BCUT2D eigenvalue weighted by Crippen LogP contribution is -2.55. The molecule has 24 heavy (non-hydrogen) atoms. The van der Waals surface area contributed by atoms with Gasteiger partial charge in [-0.2, -0.15) is 0 Å². The fourth-order valence-electron chi connectivity index (χ4n) is 2.97. The van der Waals surface area contributed by atoms with Gasteiger partial charge in [0.05, 0.1) is 19.3 Å². The molecule has 0 radical (unpaired) electrons. The molecule has 0 bridgehead atoms. The second-order valence-electron chi connectivity index (χ2n) is 5.68. The average molecular weight is 337 g/mol. The molecule has 6 nitrogen and oxygen atoms in total. The molecule has 2 aliphatic heterocycles. The Morgan fingerprint density at radius 1 is 1.29 bits per heavy atom. The second-order valence-corrected chi connectivity index (χ2v) is 5.68. The monoisotopic (exact) mass is 337 g/mol. The Bertz CT molecular complexity index is 689. The van der Waals surface area contributed by atoms with E-state index in [4.69, 9.17) is 4.74 Å². The Kier molecular flexibility index (Phi) is 4.48. The molecule has 0 unspecified atom stereocenters. The van der Waals surface area contributed by atoms with Crippen LogP contribution in [-0.2, 0) is 9.53 Å². The molecule has 3 amide bonds. The van der Waals surface area contributed by atoms with Gasteiger partial charge in [-0.05, 0) is 6.07 Å². The highest BCUT2D eigenvalue weighted by atomic mass is 19.1.